The highest BCUT2D eigenvalue weighted by atomic mass is 19.1. The zero-order valence-corrected chi connectivity index (χ0v) is 22.2. The van der Waals surface area contributed by atoms with Gasteiger partial charge in [0.2, 0.25) is 11.6 Å². The molecule has 2 fully saturated rings. The van der Waals surface area contributed by atoms with Gasteiger partial charge in [0.15, 0.2) is 11.6 Å². The fourth-order valence-corrected chi connectivity index (χ4v) is 5.70. The maximum absolute atomic E-state index is 16.5. The third-order valence-electron chi connectivity index (χ3n) is 7.68. The van der Waals surface area contributed by atoms with Crippen molar-refractivity contribution in [3.8, 4) is 5.75 Å². The molecule has 2 N–H and O–H groups in total. The summed E-state index contributed by atoms with van der Waals surface area (Å²) in [6.07, 6.45) is 7.94. The second-order valence-electron chi connectivity index (χ2n) is 11.3. The minimum atomic E-state index is -2.43. The molecule has 2 aliphatic heterocycles. The summed E-state index contributed by atoms with van der Waals surface area (Å²) in [5.41, 5.74) is 2.12. The normalized spacial score (nSPS) is 25.2. The van der Waals surface area contributed by atoms with E-state index >= 15 is 8.78 Å². The summed E-state index contributed by atoms with van der Waals surface area (Å²) in [6.45, 7) is 5.66. The van der Waals surface area contributed by atoms with Crippen molar-refractivity contribution in [2.45, 2.75) is 69.8 Å². The number of nitrogens with two attached hydrogens (primary N) is 1. The van der Waals surface area contributed by atoms with Crippen molar-refractivity contribution < 1.29 is 27.5 Å². The van der Waals surface area contributed by atoms with Crippen LogP contribution >= 0.6 is 0 Å². The first kappa shape index (κ1) is 28.2. The highest BCUT2D eigenvalue weighted by Crippen LogP contribution is 2.41. The fourth-order valence-electron chi connectivity index (χ4n) is 5.70. The van der Waals surface area contributed by atoms with Crippen LogP contribution in [-0.4, -0.2) is 71.8 Å². The predicted octanol–water partition coefficient (Wildman–Crippen LogP) is 4.58. The van der Waals surface area contributed by atoms with Crippen molar-refractivity contribution in [1.82, 2.24) is 9.80 Å². The van der Waals surface area contributed by atoms with Crippen LogP contribution in [0.5, 0.6) is 5.75 Å². The van der Waals surface area contributed by atoms with Gasteiger partial charge in [-0.2, -0.15) is 0 Å². The Morgan fingerprint density at radius 3 is 2.55 bits per heavy atom. The molecule has 9 heteroatoms. The number of hydrogen-bond donors (Lipinski definition) is 1. The molecular formula is C29H38F3N3O3. The summed E-state index contributed by atoms with van der Waals surface area (Å²) >= 11 is 0. The average molecular weight is 534 g/mol. The van der Waals surface area contributed by atoms with Crippen molar-refractivity contribution in [1.29, 1.82) is 0 Å². The van der Waals surface area contributed by atoms with Crippen LogP contribution < -0.4 is 10.5 Å². The first-order valence-corrected chi connectivity index (χ1v) is 13.5. The van der Waals surface area contributed by atoms with Crippen LogP contribution in [0.4, 0.5) is 13.2 Å². The van der Waals surface area contributed by atoms with Crippen molar-refractivity contribution in [3.63, 3.8) is 0 Å². The van der Waals surface area contributed by atoms with Gasteiger partial charge in [-0.25, -0.2) is 13.2 Å². The molecule has 2 saturated heterocycles. The Labute approximate surface area is 222 Å². The number of amides is 2. The van der Waals surface area contributed by atoms with Gasteiger partial charge in [0.05, 0.1) is 6.61 Å². The maximum Gasteiger partial charge on any atom is 0.265 e. The van der Waals surface area contributed by atoms with Crippen molar-refractivity contribution in [2.75, 3.05) is 32.8 Å². The van der Waals surface area contributed by atoms with E-state index < -0.39 is 35.0 Å². The first-order chi connectivity index (χ1) is 18.0. The minimum absolute atomic E-state index is 0.0485. The number of halogens is 3. The van der Waals surface area contributed by atoms with Crippen molar-refractivity contribution in [3.05, 3.63) is 47.8 Å². The number of primary amides is 1. The summed E-state index contributed by atoms with van der Waals surface area (Å²) < 4.78 is 51.2. The highest BCUT2D eigenvalue weighted by molar-refractivity contribution is 6.02. The maximum atomic E-state index is 16.5. The largest absolute Gasteiger partial charge is 0.490 e. The van der Waals surface area contributed by atoms with Crippen molar-refractivity contribution in [2.24, 2.45) is 11.7 Å². The van der Waals surface area contributed by atoms with E-state index in [2.05, 4.69) is 4.90 Å². The number of hydrogen-bond acceptors (Lipinski definition) is 4. The monoisotopic (exact) mass is 533 g/mol. The van der Waals surface area contributed by atoms with Gasteiger partial charge >= 0.3 is 0 Å². The standard InChI is InChI=1S/C29H38F3N3O3/c1-28(2,31)19-34-15-11-20(12-16-34)18-38-25-10-9-21(17-23(25)30)22-7-3-5-13-29(22,32)27(37)35-14-6-4-8-24(35)26(33)36/h3,5,7,9-10,17,20,24H,4,6,8,11-16,18-19H2,1-2H3,(H2,33,36)/t24-,29?/m0/s1. The number of piperidine rings is 2. The Hall–Kier alpha value is -2.81. The predicted molar refractivity (Wildman–Crippen MR) is 140 cm³/mol. The van der Waals surface area contributed by atoms with E-state index in [0.29, 0.717) is 26.0 Å². The van der Waals surface area contributed by atoms with Crippen LogP contribution in [0.2, 0.25) is 0 Å². The number of carbonyl (C=O) groups excluding carboxylic acids is 2. The molecule has 208 valence electrons. The molecule has 0 spiro atoms. The molecule has 0 aromatic heterocycles. The second kappa shape index (κ2) is 11.5. The van der Waals surface area contributed by atoms with Crippen LogP contribution in [0.25, 0.3) is 5.57 Å². The number of allylic oxidation sites excluding steroid dienone is 3. The van der Waals surface area contributed by atoms with E-state index in [9.17, 15) is 14.0 Å². The molecule has 0 radical (unpaired) electrons. The number of benzene rings is 1. The lowest BCUT2D eigenvalue weighted by Gasteiger charge is -2.39. The number of rotatable bonds is 8. The van der Waals surface area contributed by atoms with E-state index in [0.717, 1.165) is 32.4 Å². The summed E-state index contributed by atoms with van der Waals surface area (Å²) in [5, 5.41) is 0. The van der Waals surface area contributed by atoms with E-state index in [1.165, 1.54) is 23.1 Å². The van der Waals surface area contributed by atoms with Gasteiger partial charge in [0, 0.05) is 25.1 Å². The molecule has 2 atom stereocenters. The number of nitrogens with zero attached hydrogens (tertiary/aromatic N) is 2. The zero-order valence-electron chi connectivity index (χ0n) is 22.2. The SMILES string of the molecule is CC(C)(F)CN1CCC(COc2ccc(C3=CC=CCC3(F)C(=O)N3CCCC[C@H]3C(N)=O)cc2F)CC1. The number of alkyl halides is 2. The molecule has 0 bridgehead atoms. The van der Waals surface area contributed by atoms with Gasteiger partial charge in [-0.1, -0.05) is 24.3 Å². The smallest absolute Gasteiger partial charge is 0.265 e. The van der Waals surface area contributed by atoms with E-state index in [1.54, 1.807) is 32.1 Å². The fraction of sp³-hybridized carbons (Fsp3) is 0.586. The Balaban J connectivity index is 1.43. The third kappa shape index (κ3) is 6.42. The Morgan fingerprint density at radius 1 is 1.16 bits per heavy atom. The molecule has 1 aromatic rings. The molecule has 1 aliphatic carbocycles. The Kier molecular flexibility index (Phi) is 8.55. The molecule has 2 amide bonds. The van der Waals surface area contributed by atoms with Crippen LogP contribution in [0.3, 0.4) is 0 Å². The number of ether oxygens (including phenoxy) is 1. The molecule has 4 rings (SSSR count). The van der Waals surface area contributed by atoms with Crippen LogP contribution in [0.1, 0.15) is 57.9 Å². The molecular weight excluding hydrogens is 495 g/mol. The van der Waals surface area contributed by atoms with Gasteiger partial charge in [0.1, 0.15) is 11.7 Å². The number of likely N-dealkylation sites (tertiary alicyclic amines) is 2. The third-order valence-corrected chi connectivity index (χ3v) is 7.68. The average Bonchev–Trinajstić information content (AvgIpc) is 2.87. The topological polar surface area (TPSA) is 75.9 Å². The van der Waals surface area contributed by atoms with Crippen LogP contribution in [0, 0.1) is 11.7 Å². The van der Waals surface area contributed by atoms with Gasteiger partial charge in [-0.15, -0.1) is 0 Å². The summed E-state index contributed by atoms with van der Waals surface area (Å²) in [5.74, 6) is -1.81. The molecule has 1 aromatic carbocycles. The quantitative estimate of drug-likeness (QED) is 0.531. The lowest BCUT2D eigenvalue weighted by molar-refractivity contribution is -0.148. The van der Waals surface area contributed by atoms with Gasteiger partial charge in [-0.3, -0.25) is 9.59 Å². The first-order valence-electron chi connectivity index (χ1n) is 13.5. The molecule has 6 nitrogen and oxygen atoms in total. The molecule has 2 heterocycles. The van der Waals surface area contributed by atoms with Crippen molar-refractivity contribution >= 4 is 17.4 Å². The highest BCUT2D eigenvalue weighted by Gasteiger charge is 2.48. The van der Waals surface area contributed by atoms with Crippen LogP contribution in [0.15, 0.2) is 36.4 Å². The Morgan fingerprint density at radius 2 is 1.89 bits per heavy atom. The minimum Gasteiger partial charge on any atom is -0.490 e. The van der Waals surface area contributed by atoms with Gasteiger partial charge < -0.3 is 20.3 Å². The van der Waals surface area contributed by atoms with Crippen LogP contribution in [-0.2, 0) is 9.59 Å². The van der Waals surface area contributed by atoms with E-state index in [4.69, 9.17) is 10.5 Å². The van der Waals surface area contributed by atoms with Gasteiger partial charge in [-0.05, 0) is 82.7 Å². The molecule has 3 aliphatic rings. The lowest BCUT2D eigenvalue weighted by Crippen LogP contribution is -2.56. The summed E-state index contributed by atoms with van der Waals surface area (Å²) in [7, 11) is 0. The molecule has 38 heavy (non-hydrogen) atoms. The zero-order chi connectivity index (χ0) is 27.5. The second-order valence-corrected chi connectivity index (χ2v) is 11.3. The summed E-state index contributed by atoms with van der Waals surface area (Å²) in [6, 6.07) is 3.36. The number of carbonyl (C=O) groups is 2. The van der Waals surface area contributed by atoms with E-state index in [1.807, 2.05) is 0 Å². The molecule has 1 unspecified atom stereocenters. The lowest BCUT2D eigenvalue weighted by atomic mass is 9.82. The summed E-state index contributed by atoms with van der Waals surface area (Å²) in [4.78, 5) is 28.7. The van der Waals surface area contributed by atoms with E-state index in [-0.39, 0.29) is 35.8 Å². The van der Waals surface area contributed by atoms with Gasteiger partial charge in [0.25, 0.3) is 5.91 Å². The molecule has 0 saturated carbocycles. The Bertz CT molecular complexity index is 1090.